The first-order chi connectivity index (χ1) is 8.27. The van der Waals surface area contributed by atoms with E-state index in [0.29, 0.717) is 16.9 Å². The summed E-state index contributed by atoms with van der Waals surface area (Å²) in [4.78, 5) is 4.23. The maximum Gasteiger partial charge on any atom is 0.417 e. The standard InChI is InChI=1S/C11H10F3IN2O/c1-5-16-9-7(17(5)2)4-6(11(12,13)14)8(15)10(9)18-3/h4H,1-3H3. The normalized spacial score (nSPS) is 12.2. The van der Waals surface area contributed by atoms with E-state index in [0.717, 1.165) is 6.07 Å². The van der Waals surface area contributed by atoms with Crippen molar-refractivity contribution in [3.63, 3.8) is 0 Å². The number of aryl methyl sites for hydroxylation is 2. The van der Waals surface area contributed by atoms with Crippen molar-refractivity contribution < 1.29 is 17.9 Å². The van der Waals surface area contributed by atoms with Gasteiger partial charge < -0.3 is 9.30 Å². The third-order valence-electron chi connectivity index (χ3n) is 2.80. The number of methoxy groups -OCH3 is 1. The van der Waals surface area contributed by atoms with Crippen LogP contribution in [0.25, 0.3) is 11.0 Å². The summed E-state index contributed by atoms with van der Waals surface area (Å²) in [6, 6.07) is 1.11. The fraction of sp³-hybridized carbons (Fsp3) is 0.364. The van der Waals surface area contributed by atoms with Crippen LogP contribution in [-0.4, -0.2) is 16.7 Å². The van der Waals surface area contributed by atoms with Crippen LogP contribution in [-0.2, 0) is 13.2 Å². The van der Waals surface area contributed by atoms with Gasteiger partial charge in [0, 0.05) is 7.05 Å². The zero-order valence-corrected chi connectivity index (χ0v) is 12.0. The summed E-state index contributed by atoms with van der Waals surface area (Å²) in [6.45, 7) is 1.74. The Morgan fingerprint density at radius 2 is 2.00 bits per heavy atom. The van der Waals surface area contributed by atoms with Crippen molar-refractivity contribution in [3.05, 3.63) is 21.0 Å². The van der Waals surface area contributed by atoms with Crippen LogP contribution in [0.5, 0.6) is 5.75 Å². The Labute approximate surface area is 115 Å². The minimum Gasteiger partial charge on any atom is -0.493 e. The quantitative estimate of drug-likeness (QED) is 0.719. The molecule has 18 heavy (non-hydrogen) atoms. The Morgan fingerprint density at radius 3 is 2.50 bits per heavy atom. The summed E-state index contributed by atoms with van der Waals surface area (Å²) in [5.74, 6) is 0.808. The lowest BCUT2D eigenvalue weighted by molar-refractivity contribution is -0.138. The Bertz CT molecular complexity index is 619. The summed E-state index contributed by atoms with van der Waals surface area (Å²) in [5, 5.41) is 0. The Morgan fingerprint density at radius 1 is 1.39 bits per heavy atom. The van der Waals surface area contributed by atoms with E-state index in [1.165, 1.54) is 7.11 Å². The van der Waals surface area contributed by atoms with E-state index >= 15 is 0 Å². The van der Waals surface area contributed by atoms with Crippen LogP contribution in [0, 0.1) is 10.5 Å². The highest BCUT2D eigenvalue weighted by Crippen LogP contribution is 2.41. The molecule has 2 rings (SSSR count). The molecule has 0 unspecified atom stereocenters. The minimum atomic E-state index is -4.41. The number of benzene rings is 1. The molecule has 2 aromatic rings. The van der Waals surface area contributed by atoms with E-state index in [-0.39, 0.29) is 9.32 Å². The van der Waals surface area contributed by atoms with Crippen LogP contribution in [0.15, 0.2) is 6.07 Å². The fourth-order valence-electron chi connectivity index (χ4n) is 1.78. The topological polar surface area (TPSA) is 27.1 Å². The lowest BCUT2D eigenvalue weighted by Gasteiger charge is -2.13. The average Bonchev–Trinajstić information content (AvgIpc) is 2.53. The molecule has 0 saturated heterocycles. The number of imidazole rings is 1. The van der Waals surface area contributed by atoms with Crippen molar-refractivity contribution in [1.82, 2.24) is 9.55 Å². The highest BCUT2D eigenvalue weighted by atomic mass is 127. The van der Waals surface area contributed by atoms with Gasteiger partial charge in [0.05, 0.1) is 21.8 Å². The summed E-state index contributed by atoms with van der Waals surface area (Å²) in [7, 11) is 3.03. The third-order valence-corrected chi connectivity index (χ3v) is 3.88. The van der Waals surface area contributed by atoms with Gasteiger partial charge >= 0.3 is 6.18 Å². The number of hydrogen-bond donors (Lipinski definition) is 0. The van der Waals surface area contributed by atoms with Gasteiger partial charge in [0.15, 0.2) is 5.75 Å². The van der Waals surface area contributed by atoms with Gasteiger partial charge in [0.25, 0.3) is 0 Å². The van der Waals surface area contributed by atoms with Crippen LogP contribution >= 0.6 is 22.6 Å². The third kappa shape index (κ3) is 1.94. The molecule has 7 heteroatoms. The molecule has 0 saturated carbocycles. The molecule has 0 fully saturated rings. The van der Waals surface area contributed by atoms with Crippen LogP contribution in [0.3, 0.4) is 0 Å². The number of aromatic nitrogens is 2. The molecule has 3 nitrogen and oxygen atoms in total. The van der Waals surface area contributed by atoms with Gasteiger partial charge in [0.2, 0.25) is 0 Å². The van der Waals surface area contributed by atoms with Crippen molar-refractivity contribution in [2.24, 2.45) is 7.05 Å². The van der Waals surface area contributed by atoms with Crippen LogP contribution in [0.4, 0.5) is 13.2 Å². The zero-order chi connectivity index (χ0) is 13.7. The monoisotopic (exact) mass is 370 g/mol. The molecule has 98 valence electrons. The summed E-state index contributed by atoms with van der Waals surface area (Å²) in [6.07, 6.45) is -4.41. The largest absolute Gasteiger partial charge is 0.493 e. The van der Waals surface area contributed by atoms with Crippen molar-refractivity contribution >= 4 is 33.6 Å². The molecule has 0 aliphatic rings. The van der Waals surface area contributed by atoms with Crippen LogP contribution in [0.1, 0.15) is 11.4 Å². The molecule has 0 atom stereocenters. The van der Waals surface area contributed by atoms with Gasteiger partial charge in [-0.2, -0.15) is 13.2 Å². The number of alkyl halides is 3. The molecule has 1 aromatic carbocycles. The van der Waals surface area contributed by atoms with Gasteiger partial charge in [-0.05, 0) is 35.6 Å². The Hall–Kier alpha value is -0.990. The zero-order valence-electron chi connectivity index (χ0n) is 9.89. The number of fused-ring (bicyclic) bond motifs is 1. The first-order valence-corrected chi connectivity index (χ1v) is 6.12. The van der Waals surface area contributed by atoms with Gasteiger partial charge in [-0.1, -0.05) is 0 Å². The number of nitrogens with zero attached hydrogens (tertiary/aromatic N) is 2. The number of hydrogen-bond acceptors (Lipinski definition) is 2. The molecule has 0 radical (unpaired) electrons. The second-order valence-electron chi connectivity index (χ2n) is 3.85. The Balaban J connectivity index is 2.92. The second kappa shape index (κ2) is 4.29. The van der Waals surface area contributed by atoms with Crippen molar-refractivity contribution in [1.29, 1.82) is 0 Å². The van der Waals surface area contributed by atoms with Gasteiger partial charge in [-0.25, -0.2) is 4.98 Å². The highest BCUT2D eigenvalue weighted by molar-refractivity contribution is 14.1. The van der Waals surface area contributed by atoms with E-state index in [1.54, 1.807) is 41.1 Å². The summed E-state index contributed by atoms with van der Waals surface area (Å²) >= 11 is 1.64. The SMILES string of the molecule is COc1c(I)c(C(F)(F)F)cc2c1nc(C)n2C. The smallest absolute Gasteiger partial charge is 0.417 e. The number of rotatable bonds is 1. The van der Waals surface area contributed by atoms with Crippen molar-refractivity contribution in [2.45, 2.75) is 13.1 Å². The average molecular weight is 370 g/mol. The van der Waals surface area contributed by atoms with Gasteiger partial charge in [-0.15, -0.1) is 0 Å². The second-order valence-corrected chi connectivity index (χ2v) is 4.93. The molecule has 0 aliphatic heterocycles. The highest BCUT2D eigenvalue weighted by Gasteiger charge is 2.36. The molecule has 1 aromatic heterocycles. The first kappa shape index (κ1) is 13.4. The van der Waals surface area contributed by atoms with E-state index in [1.807, 2.05) is 0 Å². The molecule has 1 heterocycles. The van der Waals surface area contributed by atoms with E-state index < -0.39 is 11.7 Å². The van der Waals surface area contributed by atoms with Crippen LogP contribution < -0.4 is 4.74 Å². The lowest BCUT2D eigenvalue weighted by atomic mass is 10.1. The molecule has 0 aliphatic carbocycles. The maximum atomic E-state index is 12.9. The Kier molecular flexibility index (Phi) is 3.20. The molecular formula is C11H10F3IN2O. The summed E-state index contributed by atoms with van der Waals surface area (Å²) < 4.78 is 45.6. The van der Waals surface area contributed by atoms with Crippen molar-refractivity contribution in [2.75, 3.05) is 7.11 Å². The molecular weight excluding hydrogens is 360 g/mol. The van der Waals surface area contributed by atoms with E-state index in [4.69, 9.17) is 4.74 Å². The lowest BCUT2D eigenvalue weighted by Crippen LogP contribution is -2.09. The van der Waals surface area contributed by atoms with Crippen LogP contribution in [0.2, 0.25) is 0 Å². The molecule has 0 bridgehead atoms. The predicted molar refractivity (Wildman–Crippen MR) is 69.7 cm³/mol. The van der Waals surface area contributed by atoms with Gasteiger partial charge in [0.1, 0.15) is 11.3 Å². The summed E-state index contributed by atoms with van der Waals surface area (Å²) in [5.41, 5.74) is 0.169. The number of halogens is 4. The molecule has 0 spiro atoms. The fourth-order valence-corrected chi connectivity index (χ4v) is 2.72. The van der Waals surface area contributed by atoms with E-state index in [9.17, 15) is 13.2 Å². The first-order valence-electron chi connectivity index (χ1n) is 5.04. The minimum absolute atomic E-state index is 0.0354. The molecule has 0 N–H and O–H groups in total. The van der Waals surface area contributed by atoms with Gasteiger partial charge in [-0.3, -0.25) is 0 Å². The molecule has 0 amide bonds. The van der Waals surface area contributed by atoms with Crippen molar-refractivity contribution in [3.8, 4) is 5.75 Å². The predicted octanol–water partition coefficient (Wildman–Crippen LogP) is 3.51. The number of ether oxygens (including phenoxy) is 1. The maximum absolute atomic E-state index is 12.9. The van der Waals surface area contributed by atoms with E-state index in [2.05, 4.69) is 4.98 Å².